The van der Waals surface area contributed by atoms with Crippen LogP contribution in [-0.2, 0) is 11.8 Å². The van der Waals surface area contributed by atoms with Gasteiger partial charge in [-0.1, -0.05) is 0 Å². The number of nitrogens with one attached hydrogen (secondary N) is 1. The Bertz CT molecular complexity index is 398. The van der Waals surface area contributed by atoms with Crippen molar-refractivity contribution in [3.05, 3.63) is 24.0 Å². The normalized spacial score (nSPS) is 12.1. The number of aromatic nitrogens is 1. The molecule has 1 aromatic heterocycles. The Morgan fingerprint density at radius 3 is 2.76 bits per heavy atom. The summed E-state index contributed by atoms with van der Waals surface area (Å²) in [7, 11) is 1.81. The van der Waals surface area contributed by atoms with Crippen molar-refractivity contribution < 1.29 is 14.7 Å². The van der Waals surface area contributed by atoms with Gasteiger partial charge < -0.3 is 15.0 Å². The van der Waals surface area contributed by atoms with Crippen LogP contribution in [0, 0.1) is 0 Å². The predicted octanol–water partition coefficient (Wildman–Crippen LogP) is 1.40. The summed E-state index contributed by atoms with van der Waals surface area (Å²) in [4.78, 5) is 22.1. The molecule has 2 N–H and O–H groups in total. The molecule has 1 rings (SSSR count). The molecule has 0 aliphatic heterocycles. The minimum atomic E-state index is -0.800. The number of carboxylic acids is 1. The molecule has 5 nitrogen and oxygen atoms in total. The molecule has 1 heterocycles. The quantitative estimate of drug-likeness (QED) is 0.786. The van der Waals surface area contributed by atoms with Crippen molar-refractivity contribution >= 4 is 11.9 Å². The molecular formula is C12H18N2O3. The zero-order valence-corrected chi connectivity index (χ0v) is 10.1. The van der Waals surface area contributed by atoms with Gasteiger partial charge in [0, 0.05) is 25.7 Å². The van der Waals surface area contributed by atoms with Crippen molar-refractivity contribution in [1.29, 1.82) is 0 Å². The molecule has 0 aromatic carbocycles. The van der Waals surface area contributed by atoms with E-state index < -0.39 is 5.97 Å². The van der Waals surface area contributed by atoms with Crippen molar-refractivity contribution in [2.24, 2.45) is 7.05 Å². The number of amides is 1. The monoisotopic (exact) mass is 238 g/mol. The molecule has 1 atom stereocenters. The summed E-state index contributed by atoms with van der Waals surface area (Å²) in [6, 6.07) is 3.54. The van der Waals surface area contributed by atoms with E-state index in [0.29, 0.717) is 18.5 Å². The van der Waals surface area contributed by atoms with Gasteiger partial charge in [0.15, 0.2) is 0 Å². The summed E-state index contributed by atoms with van der Waals surface area (Å²) in [6.45, 7) is 1.88. The Morgan fingerprint density at radius 2 is 2.24 bits per heavy atom. The second-order valence-corrected chi connectivity index (χ2v) is 4.16. The summed E-state index contributed by atoms with van der Waals surface area (Å²) in [5.41, 5.74) is 0.607. The van der Waals surface area contributed by atoms with Gasteiger partial charge in [-0.05, 0) is 31.9 Å². The molecular weight excluding hydrogens is 220 g/mol. The summed E-state index contributed by atoms with van der Waals surface area (Å²) < 4.78 is 1.75. The van der Waals surface area contributed by atoms with E-state index in [9.17, 15) is 9.59 Å². The maximum atomic E-state index is 11.8. The van der Waals surface area contributed by atoms with Crippen LogP contribution in [0.15, 0.2) is 18.3 Å². The molecule has 1 aromatic rings. The van der Waals surface area contributed by atoms with Gasteiger partial charge in [0.25, 0.3) is 5.91 Å². The van der Waals surface area contributed by atoms with Gasteiger partial charge in [0.1, 0.15) is 5.69 Å². The van der Waals surface area contributed by atoms with Gasteiger partial charge in [-0.25, -0.2) is 0 Å². The van der Waals surface area contributed by atoms with E-state index in [2.05, 4.69) is 5.32 Å². The fourth-order valence-electron chi connectivity index (χ4n) is 1.63. The van der Waals surface area contributed by atoms with Crippen LogP contribution in [0.4, 0.5) is 0 Å². The van der Waals surface area contributed by atoms with Crippen LogP contribution < -0.4 is 5.32 Å². The molecule has 0 spiro atoms. The standard InChI is InChI=1S/C12H18N2O3/c1-9(5-3-7-11(15)16)13-12(17)10-6-4-8-14(10)2/h4,6,8-9H,3,5,7H2,1-2H3,(H,13,17)(H,15,16). The first-order valence-electron chi connectivity index (χ1n) is 5.64. The molecule has 17 heavy (non-hydrogen) atoms. The van der Waals surface area contributed by atoms with Gasteiger partial charge in [-0.15, -0.1) is 0 Å². The minimum absolute atomic E-state index is 0.0169. The Balaban J connectivity index is 2.36. The van der Waals surface area contributed by atoms with Crippen molar-refractivity contribution in [3.63, 3.8) is 0 Å². The van der Waals surface area contributed by atoms with E-state index in [-0.39, 0.29) is 18.4 Å². The van der Waals surface area contributed by atoms with E-state index >= 15 is 0 Å². The number of nitrogens with zero attached hydrogens (tertiary/aromatic N) is 1. The van der Waals surface area contributed by atoms with Crippen molar-refractivity contribution in [1.82, 2.24) is 9.88 Å². The van der Waals surface area contributed by atoms with Crippen LogP contribution >= 0.6 is 0 Å². The Kier molecular flexibility index (Phi) is 4.75. The number of aliphatic carboxylic acids is 1. The van der Waals surface area contributed by atoms with Gasteiger partial charge in [-0.2, -0.15) is 0 Å². The highest BCUT2D eigenvalue weighted by molar-refractivity contribution is 5.92. The summed E-state index contributed by atoms with van der Waals surface area (Å²) in [5.74, 6) is -0.925. The fourth-order valence-corrected chi connectivity index (χ4v) is 1.63. The third-order valence-electron chi connectivity index (χ3n) is 2.58. The highest BCUT2D eigenvalue weighted by Gasteiger charge is 2.12. The van der Waals surface area contributed by atoms with Crippen LogP contribution in [0.5, 0.6) is 0 Å². The smallest absolute Gasteiger partial charge is 0.303 e. The summed E-state index contributed by atoms with van der Waals surface area (Å²) >= 11 is 0. The number of carbonyl (C=O) groups is 2. The Morgan fingerprint density at radius 1 is 1.53 bits per heavy atom. The number of carbonyl (C=O) groups excluding carboxylic acids is 1. The third-order valence-corrected chi connectivity index (χ3v) is 2.58. The Hall–Kier alpha value is -1.78. The first-order valence-corrected chi connectivity index (χ1v) is 5.64. The molecule has 5 heteroatoms. The topological polar surface area (TPSA) is 71.3 Å². The van der Waals surface area contributed by atoms with Crippen LogP contribution in [-0.4, -0.2) is 27.6 Å². The van der Waals surface area contributed by atoms with Crippen LogP contribution in [0.25, 0.3) is 0 Å². The molecule has 0 radical (unpaired) electrons. The summed E-state index contributed by atoms with van der Waals surface area (Å²) in [5, 5.41) is 11.3. The Labute approximate surface area is 100 Å². The van der Waals surface area contributed by atoms with E-state index in [1.165, 1.54) is 0 Å². The lowest BCUT2D eigenvalue weighted by Crippen LogP contribution is -2.33. The lowest BCUT2D eigenvalue weighted by molar-refractivity contribution is -0.137. The fraction of sp³-hybridized carbons (Fsp3) is 0.500. The number of rotatable bonds is 6. The number of carboxylic acid groups (broad SMARTS) is 1. The second-order valence-electron chi connectivity index (χ2n) is 4.16. The third kappa shape index (κ3) is 4.30. The highest BCUT2D eigenvalue weighted by Crippen LogP contribution is 2.04. The molecule has 0 saturated carbocycles. The molecule has 0 bridgehead atoms. The predicted molar refractivity (Wildman–Crippen MR) is 63.8 cm³/mol. The van der Waals surface area contributed by atoms with E-state index in [4.69, 9.17) is 5.11 Å². The number of aryl methyl sites for hydroxylation is 1. The maximum absolute atomic E-state index is 11.8. The highest BCUT2D eigenvalue weighted by atomic mass is 16.4. The van der Waals surface area contributed by atoms with Gasteiger partial charge in [0.2, 0.25) is 0 Å². The minimum Gasteiger partial charge on any atom is -0.481 e. The van der Waals surface area contributed by atoms with E-state index in [0.717, 1.165) is 0 Å². The van der Waals surface area contributed by atoms with Crippen molar-refractivity contribution in [3.8, 4) is 0 Å². The number of hydrogen-bond acceptors (Lipinski definition) is 2. The van der Waals surface area contributed by atoms with Gasteiger partial charge in [0.05, 0.1) is 0 Å². The van der Waals surface area contributed by atoms with Gasteiger partial charge >= 0.3 is 5.97 Å². The lowest BCUT2D eigenvalue weighted by Gasteiger charge is -2.13. The molecule has 0 aliphatic carbocycles. The molecule has 1 unspecified atom stereocenters. The zero-order chi connectivity index (χ0) is 12.8. The molecule has 0 aliphatic rings. The molecule has 1 amide bonds. The first kappa shape index (κ1) is 13.3. The van der Waals surface area contributed by atoms with Crippen LogP contribution in [0.3, 0.4) is 0 Å². The average molecular weight is 238 g/mol. The van der Waals surface area contributed by atoms with Crippen molar-refractivity contribution in [2.45, 2.75) is 32.2 Å². The zero-order valence-electron chi connectivity index (χ0n) is 10.1. The molecule has 94 valence electrons. The maximum Gasteiger partial charge on any atom is 0.303 e. The largest absolute Gasteiger partial charge is 0.481 e. The van der Waals surface area contributed by atoms with Gasteiger partial charge in [-0.3, -0.25) is 9.59 Å². The second kappa shape index (κ2) is 6.08. The SMILES string of the molecule is CC(CCCC(=O)O)NC(=O)c1cccn1C. The van der Waals surface area contributed by atoms with Crippen LogP contribution in [0.1, 0.15) is 36.7 Å². The lowest BCUT2D eigenvalue weighted by atomic mass is 10.1. The first-order chi connectivity index (χ1) is 8.00. The molecule has 0 fully saturated rings. The average Bonchev–Trinajstić information content (AvgIpc) is 2.63. The van der Waals surface area contributed by atoms with Crippen molar-refractivity contribution in [2.75, 3.05) is 0 Å². The van der Waals surface area contributed by atoms with E-state index in [1.54, 1.807) is 10.6 Å². The van der Waals surface area contributed by atoms with E-state index in [1.807, 2.05) is 26.2 Å². The van der Waals surface area contributed by atoms with Crippen LogP contribution in [0.2, 0.25) is 0 Å². The number of hydrogen-bond donors (Lipinski definition) is 2. The summed E-state index contributed by atoms with van der Waals surface area (Å²) in [6.07, 6.45) is 3.20. The molecule has 0 saturated heterocycles.